The Hall–Kier alpha value is -1.37. The Morgan fingerprint density at radius 1 is 1.47 bits per heavy atom. The van der Waals surface area contributed by atoms with Gasteiger partial charge >= 0.3 is 0 Å². The van der Waals surface area contributed by atoms with Crippen molar-refractivity contribution in [1.29, 1.82) is 0 Å². The first-order chi connectivity index (χ1) is 9.15. The van der Waals surface area contributed by atoms with E-state index < -0.39 is 0 Å². The van der Waals surface area contributed by atoms with Gasteiger partial charge in [-0.15, -0.1) is 0 Å². The molecule has 2 rings (SSSR count). The average Bonchev–Trinajstić information content (AvgIpc) is 2.84. The van der Waals surface area contributed by atoms with Gasteiger partial charge in [-0.1, -0.05) is 15.9 Å². The molecule has 102 valence electrons. The van der Waals surface area contributed by atoms with Gasteiger partial charge in [0.05, 0.1) is 18.8 Å². The van der Waals surface area contributed by atoms with Crippen molar-refractivity contribution in [2.24, 2.45) is 12.9 Å². The molecular weight excluding hydrogens is 308 g/mol. The molecule has 1 aromatic carbocycles. The third-order valence-electron chi connectivity index (χ3n) is 3.09. The van der Waals surface area contributed by atoms with E-state index in [2.05, 4.69) is 26.5 Å². The van der Waals surface area contributed by atoms with Gasteiger partial charge in [-0.25, -0.2) is 0 Å². The van der Waals surface area contributed by atoms with Gasteiger partial charge in [0, 0.05) is 17.7 Å². The standard InChI is InChI=1S/C13H17BrN4O/c1-18-13(5-6-16-18)12(17-15)8-9-7-10(19-2)3-4-11(9)14/h3-7,12,17H,8,15H2,1-2H3. The predicted molar refractivity (Wildman–Crippen MR) is 77.7 cm³/mol. The lowest BCUT2D eigenvalue weighted by molar-refractivity contribution is 0.413. The molecule has 0 saturated heterocycles. The van der Waals surface area contributed by atoms with Gasteiger partial charge in [0.25, 0.3) is 0 Å². The molecule has 0 aliphatic heterocycles. The van der Waals surface area contributed by atoms with Crippen molar-refractivity contribution >= 4 is 15.9 Å². The van der Waals surface area contributed by atoms with Crippen molar-refractivity contribution in [2.75, 3.05) is 7.11 Å². The maximum atomic E-state index is 5.66. The van der Waals surface area contributed by atoms with Crippen molar-refractivity contribution in [1.82, 2.24) is 15.2 Å². The zero-order valence-electron chi connectivity index (χ0n) is 10.9. The summed E-state index contributed by atoms with van der Waals surface area (Å²) in [5.74, 6) is 6.50. The zero-order valence-corrected chi connectivity index (χ0v) is 12.5. The number of aromatic nitrogens is 2. The summed E-state index contributed by atoms with van der Waals surface area (Å²) in [7, 11) is 3.56. The van der Waals surface area contributed by atoms with E-state index in [-0.39, 0.29) is 6.04 Å². The smallest absolute Gasteiger partial charge is 0.119 e. The Balaban J connectivity index is 2.26. The van der Waals surface area contributed by atoms with Crippen LogP contribution in [0.2, 0.25) is 0 Å². The number of nitrogens with zero attached hydrogens (tertiary/aromatic N) is 2. The summed E-state index contributed by atoms with van der Waals surface area (Å²) in [5.41, 5.74) is 5.00. The van der Waals surface area contributed by atoms with Crippen LogP contribution in [0.4, 0.5) is 0 Å². The van der Waals surface area contributed by atoms with E-state index in [1.165, 1.54) is 0 Å². The normalized spacial score (nSPS) is 12.4. The Morgan fingerprint density at radius 2 is 2.26 bits per heavy atom. The Bertz CT molecular complexity index is 555. The molecule has 1 atom stereocenters. The molecule has 0 aliphatic rings. The molecule has 0 bridgehead atoms. The van der Waals surface area contributed by atoms with Gasteiger partial charge in [0.15, 0.2) is 0 Å². The van der Waals surface area contributed by atoms with Crippen molar-refractivity contribution in [2.45, 2.75) is 12.5 Å². The number of ether oxygens (including phenoxy) is 1. The second-order valence-corrected chi connectivity index (χ2v) is 5.11. The Kier molecular flexibility index (Phi) is 4.57. The summed E-state index contributed by atoms with van der Waals surface area (Å²) in [6.45, 7) is 0. The van der Waals surface area contributed by atoms with E-state index in [1.54, 1.807) is 13.3 Å². The van der Waals surface area contributed by atoms with E-state index >= 15 is 0 Å². The first-order valence-electron chi connectivity index (χ1n) is 5.92. The Morgan fingerprint density at radius 3 is 2.84 bits per heavy atom. The number of hydrogen-bond donors (Lipinski definition) is 2. The number of nitrogens with one attached hydrogen (secondary N) is 1. The van der Waals surface area contributed by atoms with Crippen LogP contribution in [0.3, 0.4) is 0 Å². The van der Waals surface area contributed by atoms with Crippen LogP contribution in [0.25, 0.3) is 0 Å². The highest BCUT2D eigenvalue weighted by Gasteiger charge is 2.16. The SMILES string of the molecule is COc1ccc(Br)c(CC(NN)c2ccnn2C)c1. The van der Waals surface area contributed by atoms with Gasteiger partial charge in [0.2, 0.25) is 0 Å². The summed E-state index contributed by atoms with van der Waals surface area (Å²) in [6.07, 6.45) is 2.51. The van der Waals surface area contributed by atoms with E-state index in [0.29, 0.717) is 0 Å². The molecule has 0 radical (unpaired) electrons. The van der Waals surface area contributed by atoms with Crippen LogP contribution in [0.1, 0.15) is 17.3 Å². The highest BCUT2D eigenvalue weighted by atomic mass is 79.9. The van der Waals surface area contributed by atoms with Gasteiger partial charge in [-0.2, -0.15) is 5.10 Å². The minimum Gasteiger partial charge on any atom is -0.497 e. The minimum atomic E-state index is -0.00379. The van der Waals surface area contributed by atoms with E-state index in [1.807, 2.05) is 36.0 Å². The molecule has 0 aliphatic carbocycles. The largest absolute Gasteiger partial charge is 0.497 e. The number of aryl methyl sites for hydroxylation is 1. The average molecular weight is 325 g/mol. The van der Waals surface area contributed by atoms with Crippen LogP contribution in [0.5, 0.6) is 5.75 Å². The van der Waals surface area contributed by atoms with Crippen molar-refractivity contribution in [3.8, 4) is 5.75 Å². The van der Waals surface area contributed by atoms with E-state index in [0.717, 1.165) is 27.9 Å². The number of hydrogen-bond acceptors (Lipinski definition) is 4. The lowest BCUT2D eigenvalue weighted by Gasteiger charge is -2.17. The van der Waals surface area contributed by atoms with Crippen LogP contribution in [-0.4, -0.2) is 16.9 Å². The fourth-order valence-electron chi connectivity index (χ4n) is 2.03. The number of methoxy groups -OCH3 is 1. The first-order valence-corrected chi connectivity index (χ1v) is 6.71. The molecule has 2 aromatic rings. The highest BCUT2D eigenvalue weighted by molar-refractivity contribution is 9.10. The molecular formula is C13H17BrN4O. The number of hydrazine groups is 1. The zero-order chi connectivity index (χ0) is 13.8. The Labute approximate surface area is 120 Å². The fourth-order valence-corrected chi connectivity index (χ4v) is 2.44. The summed E-state index contributed by atoms with van der Waals surface area (Å²) >= 11 is 3.55. The summed E-state index contributed by atoms with van der Waals surface area (Å²) in [6, 6.07) is 7.85. The number of nitrogens with two attached hydrogens (primary N) is 1. The van der Waals surface area contributed by atoms with Gasteiger partial charge in [-0.3, -0.25) is 16.0 Å². The number of rotatable bonds is 5. The van der Waals surface area contributed by atoms with Crippen LogP contribution in [-0.2, 0) is 13.5 Å². The molecule has 5 nitrogen and oxygen atoms in total. The van der Waals surface area contributed by atoms with E-state index in [4.69, 9.17) is 10.6 Å². The molecule has 19 heavy (non-hydrogen) atoms. The summed E-state index contributed by atoms with van der Waals surface area (Å²) in [5, 5.41) is 4.17. The summed E-state index contributed by atoms with van der Waals surface area (Å²) in [4.78, 5) is 0. The van der Waals surface area contributed by atoms with Crippen LogP contribution >= 0.6 is 15.9 Å². The second kappa shape index (κ2) is 6.18. The molecule has 1 unspecified atom stereocenters. The number of halogens is 1. The monoisotopic (exact) mass is 324 g/mol. The topological polar surface area (TPSA) is 65.1 Å². The van der Waals surface area contributed by atoms with Crippen LogP contribution in [0.15, 0.2) is 34.9 Å². The molecule has 0 amide bonds. The van der Waals surface area contributed by atoms with Gasteiger partial charge < -0.3 is 4.74 Å². The third-order valence-corrected chi connectivity index (χ3v) is 3.87. The number of benzene rings is 1. The predicted octanol–water partition coefficient (Wildman–Crippen LogP) is 1.94. The van der Waals surface area contributed by atoms with E-state index in [9.17, 15) is 0 Å². The quantitative estimate of drug-likeness (QED) is 0.651. The molecule has 0 fully saturated rings. The summed E-state index contributed by atoms with van der Waals surface area (Å²) < 4.78 is 8.11. The molecule has 3 N–H and O–H groups in total. The minimum absolute atomic E-state index is 0.00379. The molecule has 6 heteroatoms. The molecule has 1 aromatic heterocycles. The third kappa shape index (κ3) is 3.15. The highest BCUT2D eigenvalue weighted by Crippen LogP contribution is 2.26. The van der Waals surface area contributed by atoms with Gasteiger partial charge in [-0.05, 0) is 36.2 Å². The second-order valence-electron chi connectivity index (χ2n) is 4.26. The van der Waals surface area contributed by atoms with Crippen molar-refractivity contribution in [3.05, 3.63) is 46.2 Å². The molecule has 0 saturated carbocycles. The van der Waals surface area contributed by atoms with Crippen molar-refractivity contribution in [3.63, 3.8) is 0 Å². The first kappa shape index (κ1) is 14.0. The maximum Gasteiger partial charge on any atom is 0.119 e. The maximum absolute atomic E-state index is 5.66. The van der Waals surface area contributed by atoms with Crippen LogP contribution < -0.4 is 16.0 Å². The molecule has 1 heterocycles. The van der Waals surface area contributed by atoms with Crippen molar-refractivity contribution < 1.29 is 4.74 Å². The molecule has 0 spiro atoms. The lowest BCUT2D eigenvalue weighted by Crippen LogP contribution is -2.31. The lowest BCUT2D eigenvalue weighted by atomic mass is 10.0. The fraction of sp³-hybridized carbons (Fsp3) is 0.308. The van der Waals surface area contributed by atoms with Gasteiger partial charge in [0.1, 0.15) is 5.75 Å². The van der Waals surface area contributed by atoms with Crippen LogP contribution in [0, 0.1) is 0 Å².